The van der Waals surface area contributed by atoms with E-state index in [1.807, 2.05) is 41.5 Å². The van der Waals surface area contributed by atoms with E-state index in [0.29, 0.717) is 32.3 Å². The second-order valence-corrected chi connectivity index (χ2v) is 19.9. The predicted molar refractivity (Wildman–Crippen MR) is 231 cm³/mol. The molecule has 0 atom stereocenters. The molecule has 2 N–H and O–H groups in total. The van der Waals surface area contributed by atoms with Crippen molar-refractivity contribution in [3.8, 4) is 0 Å². The maximum absolute atomic E-state index is 14.3. The fraction of sp³-hybridized carbons (Fsp3) is 0.500. The van der Waals surface area contributed by atoms with Gasteiger partial charge in [0, 0.05) is 10.8 Å². The van der Waals surface area contributed by atoms with Crippen molar-refractivity contribution in [2.45, 2.75) is 131 Å². The van der Waals surface area contributed by atoms with Gasteiger partial charge in [-0.05, 0) is 154 Å². The number of aliphatic hydroxyl groups is 2. The Bertz CT molecular complexity index is 2270. The number of hydrogen-bond donors (Lipinski definition) is 2. The minimum absolute atomic E-state index is 0.0684. The van der Waals surface area contributed by atoms with Gasteiger partial charge in [0.2, 0.25) is 0 Å². The summed E-state index contributed by atoms with van der Waals surface area (Å²) in [6.07, 6.45) is 0. The van der Waals surface area contributed by atoms with Crippen LogP contribution in [0.2, 0.25) is 0 Å². The van der Waals surface area contributed by atoms with Gasteiger partial charge in [-0.3, -0.25) is 0 Å². The number of carbonyl (C=O) groups is 4. The molecule has 5 aromatic carbocycles. The third kappa shape index (κ3) is 10.2. The molecule has 0 amide bonds. The number of carbonyl (C=O) groups excluding carboxylic acids is 4. The van der Waals surface area contributed by atoms with E-state index >= 15 is 0 Å². The monoisotopic (exact) mass is 828 g/mol. The number of aliphatic hydroxyl groups excluding tert-OH is 2. The number of benzene rings is 5. The average Bonchev–Trinajstić information content (AvgIpc) is 3.13. The molecule has 0 aromatic heterocycles. The number of hydrogen-bond acceptors (Lipinski definition) is 12. The minimum Gasteiger partial charge on any atom is -0.454 e. The maximum atomic E-state index is 14.3. The molecule has 12 heteroatoms. The van der Waals surface area contributed by atoms with Crippen LogP contribution in [-0.4, -0.2) is 94.1 Å². The van der Waals surface area contributed by atoms with Crippen molar-refractivity contribution in [2.24, 2.45) is 0 Å². The molecule has 324 valence electrons. The second kappa shape index (κ2) is 16.2. The molecular weight excluding hydrogens is 769 g/mol. The highest BCUT2D eigenvalue weighted by atomic mass is 16.6. The second-order valence-electron chi connectivity index (χ2n) is 19.9. The Balaban J connectivity index is 1.84. The van der Waals surface area contributed by atoms with E-state index in [-0.39, 0.29) is 46.2 Å². The number of rotatable bonds is 14. The molecule has 5 aromatic rings. The van der Waals surface area contributed by atoms with Crippen molar-refractivity contribution in [3.05, 3.63) is 70.8 Å². The Morgan fingerprint density at radius 2 is 0.617 bits per heavy atom. The van der Waals surface area contributed by atoms with Crippen molar-refractivity contribution in [1.82, 2.24) is 0 Å². The third-order valence-corrected chi connectivity index (χ3v) is 9.72. The molecule has 0 fully saturated rings. The molecule has 60 heavy (non-hydrogen) atoms. The average molecular weight is 829 g/mol. The van der Waals surface area contributed by atoms with Crippen LogP contribution in [0, 0.1) is 0 Å². The highest BCUT2D eigenvalue weighted by molar-refractivity contribution is 6.38. The van der Waals surface area contributed by atoms with Gasteiger partial charge in [-0.1, -0.05) is 24.3 Å². The van der Waals surface area contributed by atoms with Crippen LogP contribution in [0.15, 0.2) is 48.5 Å². The summed E-state index contributed by atoms with van der Waals surface area (Å²) in [5.41, 5.74) is -5.25. The van der Waals surface area contributed by atoms with Crippen molar-refractivity contribution in [2.75, 3.05) is 26.4 Å². The van der Waals surface area contributed by atoms with Crippen LogP contribution in [0.5, 0.6) is 0 Å². The van der Waals surface area contributed by atoms with Crippen LogP contribution in [-0.2, 0) is 28.4 Å². The quantitative estimate of drug-likeness (QED) is 0.0473. The van der Waals surface area contributed by atoms with Crippen molar-refractivity contribution in [3.63, 3.8) is 0 Å². The topological polar surface area (TPSA) is 164 Å². The molecule has 0 radical (unpaired) electrons. The molecule has 0 aliphatic carbocycles. The van der Waals surface area contributed by atoms with E-state index in [4.69, 9.17) is 28.4 Å². The van der Waals surface area contributed by atoms with Gasteiger partial charge in [0.1, 0.15) is 22.4 Å². The Labute approximate surface area is 351 Å². The first-order chi connectivity index (χ1) is 27.5. The van der Waals surface area contributed by atoms with E-state index in [1.54, 1.807) is 104 Å². The Hall–Kier alpha value is -4.88. The number of fused-ring (bicyclic) bond motifs is 2. The Kier molecular flexibility index (Phi) is 12.5. The van der Waals surface area contributed by atoms with Gasteiger partial charge in [-0.15, -0.1) is 0 Å². The summed E-state index contributed by atoms with van der Waals surface area (Å²) in [4.78, 5) is 56.6. The van der Waals surface area contributed by atoms with E-state index in [2.05, 4.69) is 0 Å². The summed E-state index contributed by atoms with van der Waals surface area (Å²) in [7, 11) is 0. The maximum Gasteiger partial charge on any atom is 0.339 e. The van der Waals surface area contributed by atoms with E-state index in [0.717, 1.165) is 0 Å². The van der Waals surface area contributed by atoms with Crippen LogP contribution in [0.4, 0.5) is 0 Å². The molecule has 0 aliphatic heterocycles. The molecule has 12 nitrogen and oxygen atoms in total. The van der Waals surface area contributed by atoms with Crippen LogP contribution in [0.3, 0.4) is 0 Å². The summed E-state index contributed by atoms with van der Waals surface area (Å²) in [5, 5.41) is 23.9. The van der Waals surface area contributed by atoms with E-state index < -0.39 is 70.7 Å². The molecule has 0 saturated heterocycles. The molecule has 0 aliphatic rings. The van der Waals surface area contributed by atoms with Crippen LogP contribution < -0.4 is 0 Å². The zero-order valence-corrected chi connectivity index (χ0v) is 37.4. The molecule has 0 unspecified atom stereocenters. The third-order valence-electron chi connectivity index (χ3n) is 9.72. The molecule has 0 bridgehead atoms. The Morgan fingerprint density at radius 3 is 0.833 bits per heavy atom. The summed E-state index contributed by atoms with van der Waals surface area (Å²) < 4.78 is 35.6. The fourth-order valence-corrected chi connectivity index (χ4v) is 6.70. The van der Waals surface area contributed by atoms with Crippen molar-refractivity contribution >= 4 is 67.0 Å². The van der Waals surface area contributed by atoms with Gasteiger partial charge in [-0.25, -0.2) is 19.2 Å². The van der Waals surface area contributed by atoms with E-state index in [9.17, 15) is 29.4 Å². The first-order valence-corrected chi connectivity index (χ1v) is 20.1. The van der Waals surface area contributed by atoms with Crippen molar-refractivity contribution < 1.29 is 57.8 Å². The number of esters is 4. The van der Waals surface area contributed by atoms with Gasteiger partial charge in [-0.2, -0.15) is 0 Å². The van der Waals surface area contributed by atoms with Gasteiger partial charge in [0.05, 0.1) is 59.9 Å². The molecule has 5 rings (SSSR count). The largest absolute Gasteiger partial charge is 0.454 e. The molecule has 0 heterocycles. The fourth-order valence-electron chi connectivity index (χ4n) is 6.70. The zero-order chi connectivity index (χ0) is 45.0. The van der Waals surface area contributed by atoms with Gasteiger partial charge < -0.3 is 38.6 Å². The molecule has 0 saturated carbocycles. The summed E-state index contributed by atoms with van der Waals surface area (Å²) in [6.45, 7) is 24.0. The molecular formula is C48H60O12. The SMILES string of the molecule is CC(C)(C)OCC(C)(C)OC(=O)c1ccc2c3ccc(C(=O)OC(C)(C)CO)c4c(C(=O)OC(C)(C)COC(C)(C)C)ccc(c5ccc(C(=O)OC(C)(C)CO)c1c52)c43. The predicted octanol–water partition coefficient (Wildman–Crippen LogP) is 9.09. The summed E-state index contributed by atoms with van der Waals surface area (Å²) in [5.74, 6) is -2.93. The van der Waals surface area contributed by atoms with E-state index in [1.165, 1.54) is 0 Å². The summed E-state index contributed by atoms with van der Waals surface area (Å²) in [6, 6.07) is 13.2. The lowest BCUT2D eigenvalue weighted by molar-refractivity contribution is -0.0917. The first-order valence-electron chi connectivity index (χ1n) is 20.1. The van der Waals surface area contributed by atoms with Crippen LogP contribution in [0.1, 0.15) is 138 Å². The minimum atomic E-state index is -1.24. The zero-order valence-electron chi connectivity index (χ0n) is 37.4. The van der Waals surface area contributed by atoms with Gasteiger partial charge in [0.25, 0.3) is 0 Å². The summed E-state index contributed by atoms with van der Waals surface area (Å²) >= 11 is 0. The first kappa shape index (κ1) is 46.2. The highest BCUT2D eigenvalue weighted by Gasteiger charge is 2.34. The highest BCUT2D eigenvalue weighted by Crippen LogP contribution is 2.45. The van der Waals surface area contributed by atoms with Crippen LogP contribution in [0.25, 0.3) is 43.1 Å². The van der Waals surface area contributed by atoms with Crippen LogP contribution >= 0.6 is 0 Å². The Morgan fingerprint density at radius 1 is 0.383 bits per heavy atom. The lowest BCUT2D eigenvalue weighted by Crippen LogP contribution is -2.37. The lowest BCUT2D eigenvalue weighted by Gasteiger charge is -2.30. The lowest BCUT2D eigenvalue weighted by atomic mass is 9.84. The van der Waals surface area contributed by atoms with Gasteiger partial charge in [0.15, 0.2) is 0 Å². The number of ether oxygens (including phenoxy) is 6. The van der Waals surface area contributed by atoms with Crippen molar-refractivity contribution in [1.29, 1.82) is 0 Å². The molecule has 0 spiro atoms. The standard InChI is InChI=1S/C48H60O12/c1-43(2,3)55-25-47(11,12)59-41(53)33-21-17-29-28-16-20-32(40(52)58-46(9,10)24-50)38-34(42(54)60-48(13,14)26-56-44(4,5)6)22-18-30(36(28)38)27-15-19-31(37(33)35(27)29)39(51)57-45(7,8)23-49/h15-22,49-50H,23-26H2,1-14H3. The normalized spacial score (nSPS) is 13.3. The van der Waals surface area contributed by atoms with Gasteiger partial charge >= 0.3 is 23.9 Å². The smallest absolute Gasteiger partial charge is 0.339 e.